The zero-order chi connectivity index (χ0) is 19.3. The smallest absolute Gasteiger partial charge is 0.417 e. The third-order valence-corrected chi connectivity index (χ3v) is 4.66. The molecule has 26 heavy (non-hydrogen) atoms. The van der Waals surface area contributed by atoms with E-state index in [1.165, 1.54) is 11.0 Å². The molecule has 0 unspecified atom stereocenters. The number of carbonyl (C=O) groups excluding carboxylic acids is 2. The van der Waals surface area contributed by atoms with Gasteiger partial charge in [-0.15, -0.1) is 6.58 Å². The van der Waals surface area contributed by atoms with Crippen LogP contribution in [0.2, 0.25) is 0 Å². The molecule has 1 heterocycles. The monoisotopic (exact) mass is 361 g/mol. The molecule has 2 atom stereocenters. The normalized spacial score (nSPS) is 19.2. The molecule has 142 valence electrons. The van der Waals surface area contributed by atoms with Crippen LogP contribution >= 0.6 is 0 Å². The predicted octanol–water partition coefficient (Wildman–Crippen LogP) is 3.41. The summed E-state index contributed by atoms with van der Waals surface area (Å²) in [5, 5.41) is 0. The number of amides is 2. The van der Waals surface area contributed by atoms with Crippen LogP contribution in [0, 0.1) is 11.3 Å². The largest absolute Gasteiger partial charge is 0.497 e. The summed E-state index contributed by atoms with van der Waals surface area (Å²) in [7, 11) is 1.61. The lowest BCUT2D eigenvalue weighted by Gasteiger charge is -2.31. The van der Waals surface area contributed by atoms with E-state index in [9.17, 15) is 9.59 Å². The van der Waals surface area contributed by atoms with Gasteiger partial charge in [0.1, 0.15) is 12.4 Å². The standard InChI is InChI=1S/C20H27NO5/c1-6-20(4,13-25-11-15-7-9-16(24-5)10-8-15)18(22)21-17(14(2)3)12-26-19(21)23/h6-10,14,17H,1,11-13H2,2-5H3/t17-,20+/m0/s1. The third kappa shape index (κ3) is 4.25. The summed E-state index contributed by atoms with van der Waals surface area (Å²) in [6.07, 6.45) is 0.934. The van der Waals surface area contributed by atoms with Crippen molar-refractivity contribution in [3.05, 3.63) is 42.5 Å². The Labute approximate surface area is 154 Å². The molecule has 1 saturated heterocycles. The van der Waals surface area contributed by atoms with Gasteiger partial charge in [0, 0.05) is 0 Å². The van der Waals surface area contributed by atoms with Crippen molar-refractivity contribution < 1.29 is 23.8 Å². The van der Waals surface area contributed by atoms with E-state index in [2.05, 4.69) is 6.58 Å². The molecule has 1 aliphatic heterocycles. The van der Waals surface area contributed by atoms with E-state index in [1.54, 1.807) is 14.0 Å². The van der Waals surface area contributed by atoms with Gasteiger partial charge in [-0.3, -0.25) is 4.79 Å². The van der Waals surface area contributed by atoms with E-state index in [0.29, 0.717) is 6.61 Å². The lowest BCUT2D eigenvalue weighted by Crippen LogP contribution is -2.49. The molecule has 0 radical (unpaired) electrons. The lowest BCUT2D eigenvalue weighted by molar-refractivity contribution is -0.140. The first-order valence-corrected chi connectivity index (χ1v) is 8.67. The van der Waals surface area contributed by atoms with Crippen molar-refractivity contribution in [1.82, 2.24) is 4.90 Å². The van der Waals surface area contributed by atoms with Crippen molar-refractivity contribution in [2.75, 3.05) is 20.3 Å². The second-order valence-electron chi connectivity index (χ2n) is 7.03. The van der Waals surface area contributed by atoms with Crippen molar-refractivity contribution in [2.24, 2.45) is 11.3 Å². The molecule has 1 fully saturated rings. The summed E-state index contributed by atoms with van der Waals surface area (Å²) in [5.74, 6) is 0.537. The highest BCUT2D eigenvalue weighted by molar-refractivity contribution is 5.97. The second-order valence-corrected chi connectivity index (χ2v) is 7.03. The minimum absolute atomic E-state index is 0.111. The maximum absolute atomic E-state index is 13.0. The molecule has 0 bridgehead atoms. The second kappa shape index (κ2) is 8.36. The van der Waals surface area contributed by atoms with Crippen LogP contribution < -0.4 is 4.74 Å². The number of cyclic esters (lactones) is 1. The highest BCUT2D eigenvalue weighted by atomic mass is 16.6. The van der Waals surface area contributed by atoms with Crippen molar-refractivity contribution in [3.63, 3.8) is 0 Å². The molecule has 0 aliphatic carbocycles. The van der Waals surface area contributed by atoms with Gasteiger partial charge in [0.2, 0.25) is 5.91 Å². The van der Waals surface area contributed by atoms with Crippen LogP contribution in [-0.2, 0) is 20.9 Å². The van der Waals surface area contributed by atoms with Crippen LogP contribution in [-0.4, -0.2) is 43.3 Å². The van der Waals surface area contributed by atoms with E-state index < -0.39 is 11.5 Å². The Morgan fingerprint density at radius 2 is 2.08 bits per heavy atom. The van der Waals surface area contributed by atoms with E-state index in [1.807, 2.05) is 38.1 Å². The molecular formula is C20H27NO5. The molecule has 6 heteroatoms. The molecule has 0 aromatic heterocycles. The summed E-state index contributed by atoms with van der Waals surface area (Å²) in [6.45, 7) is 10.1. The fraction of sp³-hybridized carbons (Fsp3) is 0.500. The fourth-order valence-corrected chi connectivity index (χ4v) is 2.75. The predicted molar refractivity (Wildman–Crippen MR) is 97.8 cm³/mol. The topological polar surface area (TPSA) is 65.1 Å². The van der Waals surface area contributed by atoms with E-state index in [-0.39, 0.29) is 31.1 Å². The molecule has 1 aromatic rings. The average molecular weight is 361 g/mol. The molecule has 0 N–H and O–H groups in total. The van der Waals surface area contributed by atoms with Crippen LogP contribution in [0.4, 0.5) is 4.79 Å². The van der Waals surface area contributed by atoms with Crippen LogP contribution in [0.5, 0.6) is 5.75 Å². The maximum Gasteiger partial charge on any atom is 0.417 e. The first kappa shape index (κ1) is 20.0. The fourth-order valence-electron chi connectivity index (χ4n) is 2.75. The van der Waals surface area contributed by atoms with Crippen LogP contribution in [0.3, 0.4) is 0 Å². The van der Waals surface area contributed by atoms with Gasteiger partial charge in [0.05, 0.1) is 31.8 Å². The summed E-state index contributed by atoms with van der Waals surface area (Å²) < 4.78 is 15.9. The highest BCUT2D eigenvalue weighted by Crippen LogP contribution is 2.29. The Morgan fingerprint density at radius 3 is 2.62 bits per heavy atom. The van der Waals surface area contributed by atoms with Gasteiger partial charge in [-0.1, -0.05) is 32.1 Å². The molecule has 0 spiro atoms. The molecule has 0 saturated carbocycles. The van der Waals surface area contributed by atoms with Gasteiger partial charge in [-0.25, -0.2) is 9.69 Å². The molecule has 6 nitrogen and oxygen atoms in total. The Hall–Kier alpha value is -2.34. The Morgan fingerprint density at radius 1 is 1.42 bits per heavy atom. The van der Waals surface area contributed by atoms with E-state index in [4.69, 9.17) is 14.2 Å². The van der Waals surface area contributed by atoms with Gasteiger partial charge < -0.3 is 14.2 Å². The Balaban J connectivity index is 2.03. The SMILES string of the molecule is C=C[C@](C)(COCc1ccc(OC)cc1)C(=O)N1C(=O)OC[C@H]1C(C)C. The first-order valence-electron chi connectivity index (χ1n) is 8.67. The number of rotatable bonds is 8. The summed E-state index contributed by atoms with van der Waals surface area (Å²) in [6, 6.07) is 7.24. The van der Waals surface area contributed by atoms with Gasteiger partial charge >= 0.3 is 6.09 Å². The minimum atomic E-state index is -1.01. The van der Waals surface area contributed by atoms with Gasteiger partial charge in [-0.2, -0.15) is 0 Å². The summed E-state index contributed by atoms with van der Waals surface area (Å²) in [5.41, 5.74) is -0.0477. The average Bonchev–Trinajstić information content (AvgIpc) is 3.03. The number of hydrogen-bond acceptors (Lipinski definition) is 5. The number of methoxy groups -OCH3 is 1. The number of carbonyl (C=O) groups is 2. The number of nitrogens with zero attached hydrogens (tertiary/aromatic N) is 1. The van der Waals surface area contributed by atoms with Crippen molar-refractivity contribution in [3.8, 4) is 5.75 Å². The molecule has 2 rings (SSSR count). The van der Waals surface area contributed by atoms with E-state index in [0.717, 1.165) is 11.3 Å². The molecule has 1 aliphatic rings. The van der Waals surface area contributed by atoms with Crippen molar-refractivity contribution in [1.29, 1.82) is 0 Å². The summed E-state index contributed by atoms with van der Waals surface area (Å²) >= 11 is 0. The minimum Gasteiger partial charge on any atom is -0.497 e. The van der Waals surface area contributed by atoms with Crippen molar-refractivity contribution >= 4 is 12.0 Å². The number of ether oxygens (including phenoxy) is 3. The van der Waals surface area contributed by atoms with Crippen LogP contribution in [0.15, 0.2) is 36.9 Å². The molecular weight excluding hydrogens is 334 g/mol. The van der Waals surface area contributed by atoms with Crippen LogP contribution in [0.1, 0.15) is 26.3 Å². The number of imide groups is 1. The van der Waals surface area contributed by atoms with E-state index >= 15 is 0 Å². The van der Waals surface area contributed by atoms with Crippen LogP contribution in [0.25, 0.3) is 0 Å². The quantitative estimate of drug-likeness (QED) is 0.664. The summed E-state index contributed by atoms with van der Waals surface area (Å²) in [4.78, 5) is 26.3. The number of hydrogen-bond donors (Lipinski definition) is 0. The lowest BCUT2D eigenvalue weighted by atomic mass is 9.89. The highest BCUT2D eigenvalue weighted by Gasteiger charge is 2.46. The Kier molecular flexibility index (Phi) is 6.42. The van der Waals surface area contributed by atoms with Crippen molar-refractivity contribution in [2.45, 2.75) is 33.4 Å². The maximum atomic E-state index is 13.0. The molecule has 2 amide bonds. The third-order valence-electron chi connectivity index (χ3n) is 4.66. The van der Waals surface area contributed by atoms with Gasteiger partial charge in [-0.05, 0) is 30.5 Å². The molecule has 1 aromatic carbocycles. The first-order chi connectivity index (χ1) is 12.3. The van der Waals surface area contributed by atoms with Gasteiger partial charge in [0.15, 0.2) is 0 Å². The van der Waals surface area contributed by atoms with Gasteiger partial charge in [0.25, 0.3) is 0 Å². The zero-order valence-corrected chi connectivity index (χ0v) is 15.9. The zero-order valence-electron chi connectivity index (χ0n) is 15.9. The Bertz CT molecular complexity index is 655. The number of benzene rings is 1.